The predicted molar refractivity (Wildman–Crippen MR) is 59.1 cm³/mol. The molecule has 0 saturated carbocycles. The molecule has 0 N–H and O–H groups in total. The van der Waals surface area contributed by atoms with Gasteiger partial charge in [0.1, 0.15) is 6.61 Å². The van der Waals surface area contributed by atoms with Crippen LogP contribution in [0.25, 0.3) is 5.57 Å². The standard InChI is InChI=1S/C12H16O3/c1-10-6-4-5-7-12(10)11(8-13-2)9-15-14-3/h4-8H,9H2,1-3H3/b11-8+. The number of rotatable bonds is 5. The summed E-state index contributed by atoms with van der Waals surface area (Å²) in [6.45, 7) is 2.42. The van der Waals surface area contributed by atoms with E-state index in [-0.39, 0.29) is 0 Å². The van der Waals surface area contributed by atoms with E-state index in [1.165, 1.54) is 12.7 Å². The van der Waals surface area contributed by atoms with Gasteiger partial charge in [-0.05, 0) is 18.1 Å². The summed E-state index contributed by atoms with van der Waals surface area (Å²) in [4.78, 5) is 9.49. The zero-order valence-corrected chi connectivity index (χ0v) is 9.32. The van der Waals surface area contributed by atoms with Crippen LogP contribution in [0.1, 0.15) is 11.1 Å². The Kier molecular flexibility index (Phi) is 4.87. The van der Waals surface area contributed by atoms with Gasteiger partial charge in [-0.1, -0.05) is 24.3 Å². The second kappa shape index (κ2) is 6.22. The maximum atomic E-state index is 5.01. The molecular weight excluding hydrogens is 192 g/mol. The third kappa shape index (κ3) is 3.38. The van der Waals surface area contributed by atoms with Crippen LogP contribution in [0.2, 0.25) is 0 Å². The summed E-state index contributed by atoms with van der Waals surface area (Å²) >= 11 is 0. The van der Waals surface area contributed by atoms with Crippen molar-refractivity contribution in [2.24, 2.45) is 0 Å². The van der Waals surface area contributed by atoms with E-state index in [1.807, 2.05) is 31.2 Å². The van der Waals surface area contributed by atoms with Crippen LogP contribution in [0.5, 0.6) is 0 Å². The van der Waals surface area contributed by atoms with Gasteiger partial charge < -0.3 is 4.74 Å². The Morgan fingerprint density at radius 3 is 2.60 bits per heavy atom. The van der Waals surface area contributed by atoms with Gasteiger partial charge in [0.05, 0.1) is 20.5 Å². The molecule has 0 aliphatic rings. The molecule has 0 aromatic heterocycles. The summed E-state index contributed by atoms with van der Waals surface area (Å²) in [6, 6.07) is 8.06. The SMILES string of the molecule is CO/C=C(\COOC)c1ccccc1C. The van der Waals surface area contributed by atoms with E-state index in [2.05, 4.69) is 4.89 Å². The first kappa shape index (κ1) is 11.8. The first-order valence-electron chi connectivity index (χ1n) is 4.73. The number of aryl methyl sites for hydroxylation is 1. The van der Waals surface area contributed by atoms with Crippen LogP contribution >= 0.6 is 0 Å². The molecule has 15 heavy (non-hydrogen) atoms. The van der Waals surface area contributed by atoms with Crippen molar-refractivity contribution in [2.75, 3.05) is 20.8 Å². The lowest BCUT2D eigenvalue weighted by atomic mass is 10.0. The molecule has 3 nitrogen and oxygen atoms in total. The minimum Gasteiger partial charge on any atom is -0.504 e. The summed E-state index contributed by atoms with van der Waals surface area (Å²) < 4.78 is 5.01. The lowest BCUT2D eigenvalue weighted by Gasteiger charge is -2.09. The molecule has 1 rings (SSSR count). The minimum atomic E-state index is 0.370. The third-order valence-electron chi connectivity index (χ3n) is 2.08. The lowest BCUT2D eigenvalue weighted by Crippen LogP contribution is -1.99. The average molecular weight is 208 g/mol. The zero-order valence-electron chi connectivity index (χ0n) is 9.32. The number of methoxy groups -OCH3 is 1. The highest BCUT2D eigenvalue weighted by Gasteiger charge is 2.05. The fourth-order valence-electron chi connectivity index (χ4n) is 1.37. The molecule has 0 spiro atoms. The van der Waals surface area contributed by atoms with Crippen LogP contribution in [0.4, 0.5) is 0 Å². The molecule has 0 fully saturated rings. The van der Waals surface area contributed by atoms with E-state index >= 15 is 0 Å². The van der Waals surface area contributed by atoms with Crippen molar-refractivity contribution in [3.8, 4) is 0 Å². The fourth-order valence-corrected chi connectivity index (χ4v) is 1.37. The summed E-state index contributed by atoms with van der Waals surface area (Å²) in [5, 5.41) is 0. The molecule has 0 bridgehead atoms. The van der Waals surface area contributed by atoms with Crippen LogP contribution in [0.3, 0.4) is 0 Å². The largest absolute Gasteiger partial charge is 0.504 e. The Labute approximate surface area is 90.2 Å². The van der Waals surface area contributed by atoms with Gasteiger partial charge in [0.2, 0.25) is 0 Å². The first-order chi connectivity index (χ1) is 7.29. The Morgan fingerprint density at radius 1 is 1.27 bits per heavy atom. The second-order valence-electron chi connectivity index (χ2n) is 3.12. The molecule has 82 valence electrons. The highest BCUT2D eigenvalue weighted by atomic mass is 17.2. The molecule has 0 unspecified atom stereocenters. The van der Waals surface area contributed by atoms with Gasteiger partial charge in [-0.3, -0.25) is 0 Å². The van der Waals surface area contributed by atoms with Gasteiger partial charge in [-0.25, -0.2) is 9.78 Å². The van der Waals surface area contributed by atoms with E-state index < -0.39 is 0 Å². The molecule has 0 aliphatic heterocycles. The minimum absolute atomic E-state index is 0.370. The van der Waals surface area contributed by atoms with Crippen molar-refractivity contribution in [1.29, 1.82) is 0 Å². The monoisotopic (exact) mass is 208 g/mol. The van der Waals surface area contributed by atoms with Crippen LogP contribution < -0.4 is 0 Å². The molecule has 1 aromatic rings. The van der Waals surface area contributed by atoms with Gasteiger partial charge in [-0.15, -0.1) is 0 Å². The summed E-state index contributed by atoms with van der Waals surface area (Å²) in [5.74, 6) is 0. The Morgan fingerprint density at radius 2 is 2.00 bits per heavy atom. The fraction of sp³-hybridized carbons (Fsp3) is 0.333. The van der Waals surface area contributed by atoms with Crippen molar-refractivity contribution in [3.63, 3.8) is 0 Å². The number of hydrogen-bond acceptors (Lipinski definition) is 3. The van der Waals surface area contributed by atoms with E-state index in [0.717, 1.165) is 11.1 Å². The third-order valence-corrected chi connectivity index (χ3v) is 2.08. The van der Waals surface area contributed by atoms with Gasteiger partial charge in [0.15, 0.2) is 0 Å². The first-order valence-corrected chi connectivity index (χ1v) is 4.73. The number of benzene rings is 1. The van der Waals surface area contributed by atoms with Crippen LogP contribution in [0.15, 0.2) is 30.5 Å². The Balaban J connectivity index is 2.89. The highest BCUT2D eigenvalue weighted by molar-refractivity contribution is 5.67. The molecule has 0 saturated heterocycles. The van der Waals surface area contributed by atoms with Gasteiger partial charge in [-0.2, -0.15) is 0 Å². The second-order valence-corrected chi connectivity index (χ2v) is 3.12. The van der Waals surface area contributed by atoms with Crippen molar-refractivity contribution in [2.45, 2.75) is 6.92 Å². The molecular formula is C12H16O3. The maximum Gasteiger partial charge on any atom is 0.111 e. The molecule has 0 radical (unpaired) electrons. The Hall–Kier alpha value is -1.32. The summed E-state index contributed by atoms with van der Waals surface area (Å²) in [5.41, 5.74) is 3.24. The highest BCUT2D eigenvalue weighted by Crippen LogP contribution is 2.18. The van der Waals surface area contributed by atoms with Crippen molar-refractivity contribution in [1.82, 2.24) is 0 Å². The maximum absolute atomic E-state index is 5.01. The predicted octanol–water partition coefficient (Wildman–Crippen LogP) is 2.56. The van der Waals surface area contributed by atoms with Crippen molar-refractivity contribution < 1.29 is 14.5 Å². The Bertz CT molecular complexity index is 331. The normalized spacial score (nSPS) is 11.5. The smallest absolute Gasteiger partial charge is 0.111 e. The van der Waals surface area contributed by atoms with E-state index in [1.54, 1.807) is 13.4 Å². The summed E-state index contributed by atoms with van der Waals surface area (Å²) in [6.07, 6.45) is 1.67. The quantitative estimate of drug-likeness (QED) is 0.423. The van der Waals surface area contributed by atoms with Crippen LogP contribution in [-0.2, 0) is 14.5 Å². The molecule has 0 amide bonds. The lowest BCUT2D eigenvalue weighted by molar-refractivity contribution is -0.261. The number of hydrogen-bond donors (Lipinski definition) is 0. The topological polar surface area (TPSA) is 27.7 Å². The van der Waals surface area contributed by atoms with Gasteiger partial charge >= 0.3 is 0 Å². The van der Waals surface area contributed by atoms with Gasteiger partial charge in [0.25, 0.3) is 0 Å². The summed E-state index contributed by atoms with van der Waals surface area (Å²) in [7, 11) is 3.10. The van der Waals surface area contributed by atoms with Gasteiger partial charge in [0, 0.05) is 5.57 Å². The molecule has 0 atom stereocenters. The molecule has 0 aliphatic carbocycles. The molecule has 3 heteroatoms. The van der Waals surface area contributed by atoms with E-state index in [0.29, 0.717) is 6.61 Å². The zero-order chi connectivity index (χ0) is 11.1. The van der Waals surface area contributed by atoms with Crippen molar-refractivity contribution in [3.05, 3.63) is 41.7 Å². The van der Waals surface area contributed by atoms with Crippen molar-refractivity contribution >= 4 is 5.57 Å². The van der Waals surface area contributed by atoms with E-state index in [4.69, 9.17) is 9.62 Å². The van der Waals surface area contributed by atoms with Crippen LogP contribution in [0, 0.1) is 6.92 Å². The van der Waals surface area contributed by atoms with E-state index in [9.17, 15) is 0 Å². The average Bonchev–Trinajstić information content (AvgIpc) is 2.25. The molecule has 0 heterocycles. The van der Waals surface area contributed by atoms with Crippen LogP contribution in [-0.4, -0.2) is 20.8 Å². The number of ether oxygens (including phenoxy) is 1. The molecule has 1 aromatic carbocycles.